The molecular weight excluding hydrogens is 368 g/mol. The van der Waals surface area contributed by atoms with Crippen molar-refractivity contribution in [2.75, 3.05) is 0 Å². The van der Waals surface area contributed by atoms with E-state index in [9.17, 15) is 0 Å². The maximum absolute atomic E-state index is 6.87. The van der Waals surface area contributed by atoms with Gasteiger partial charge in [0, 0.05) is 0 Å². The third-order valence-corrected chi connectivity index (χ3v) is 5.65. The van der Waals surface area contributed by atoms with Crippen molar-refractivity contribution >= 4 is 0 Å². The second-order valence-corrected chi connectivity index (χ2v) is 7.60. The van der Waals surface area contributed by atoms with E-state index in [1.807, 2.05) is 24.3 Å². The minimum Gasteiger partial charge on any atom is -0.359 e. The first-order valence-electron chi connectivity index (χ1n) is 10.4. The van der Waals surface area contributed by atoms with Crippen molar-refractivity contribution in [3.63, 3.8) is 0 Å². The lowest BCUT2D eigenvalue weighted by Gasteiger charge is -2.43. The van der Waals surface area contributed by atoms with E-state index in [0.29, 0.717) is 0 Å². The Bertz CT molecular complexity index is 873. The van der Waals surface area contributed by atoms with Gasteiger partial charge in [-0.25, -0.2) is 0 Å². The van der Waals surface area contributed by atoms with E-state index in [1.54, 1.807) is 0 Å². The Morgan fingerprint density at radius 2 is 0.500 bits per heavy atom. The summed E-state index contributed by atoms with van der Waals surface area (Å²) in [5, 5.41) is 0. The van der Waals surface area contributed by atoms with Gasteiger partial charge in [0.25, 0.3) is 0 Å². The number of rotatable bonds is 4. The summed E-state index contributed by atoms with van der Waals surface area (Å²) in [5.74, 6) is 0. The quantitative estimate of drug-likeness (QED) is 0.372. The van der Waals surface area contributed by atoms with Crippen LogP contribution >= 0.6 is 0 Å². The molecule has 1 saturated heterocycles. The van der Waals surface area contributed by atoms with Gasteiger partial charge in [0.1, 0.15) is 24.4 Å². The Morgan fingerprint density at radius 3 is 0.700 bits per heavy atom. The summed E-state index contributed by atoms with van der Waals surface area (Å²) in [6.07, 6.45) is -0.782. The van der Waals surface area contributed by atoms with Crippen LogP contribution in [-0.2, 0) is 9.47 Å². The molecule has 1 fully saturated rings. The topological polar surface area (TPSA) is 18.5 Å². The Balaban J connectivity index is 1.61. The first-order valence-corrected chi connectivity index (χ1v) is 10.4. The second-order valence-electron chi connectivity index (χ2n) is 7.60. The predicted molar refractivity (Wildman–Crippen MR) is 119 cm³/mol. The second kappa shape index (κ2) is 8.66. The van der Waals surface area contributed by atoms with E-state index < -0.39 is 0 Å². The summed E-state index contributed by atoms with van der Waals surface area (Å²) in [6, 6.07) is 41.6. The normalized spacial score (nSPS) is 23.7. The Kier molecular flexibility index (Phi) is 5.43. The molecule has 5 rings (SSSR count). The van der Waals surface area contributed by atoms with Crippen molar-refractivity contribution in [1.29, 1.82) is 0 Å². The van der Waals surface area contributed by atoms with E-state index in [0.717, 1.165) is 22.3 Å². The highest BCUT2D eigenvalue weighted by Gasteiger charge is 2.41. The SMILES string of the molecule is c1ccc([C@H]2O[C@H](c3ccccc3)[C@H](c3ccccc3)O[C@@H]2c2ccccc2)cc1. The Hall–Kier alpha value is -3.20. The monoisotopic (exact) mass is 392 g/mol. The van der Waals surface area contributed by atoms with Crippen LogP contribution in [0.25, 0.3) is 0 Å². The molecule has 4 atom stereocenters. The van der Waals surface area contributed by atoms with E-state index in [1.165, 1.54) is 0 Å². The van der Waals surface area contributed by atoms with E-state index >= 15 is 0 Å². The lowest BCUT2D eigenvalue weighted by Crippen LogP contribution is -2.32. The summed E-state index contributed by atoms with van der Waals surface area (Å²) >= 11 is 0. The lowest BCUT2D eigenvalue weighted by atomic mass is 9.91. The van der Waals surface area contributed by atoms with Gasteiger partial charge in [0.05, 0.1) is 0 Å². The highest BCUT2D eigenvalue weighted by Crippen LogP contribution is 2.51. The van der Waals surface area contributed by atoms with Crippen LogP contribution in [-0.4, -0.2) is 0 Å². The molecule has 0 spiro atoms. The molecule has 2 heteroatoms. The van der Waals surface area contributed by atoms with Crippen molar-refractivity contribution in [3.8, 4) is 0 Å². The van der Waals surface area contributed by atoms with E-state index in [2.05, 4.69) is 97.1 Å². The summed E-state index contributed by atoms with van der Waals surface area (Å²) in [4.78, 5) is 0. The molecule has 148 valence electrons. The number of ether oxygens (including phenoxy) is 2. The fourth-order valence-corrected chi connectivity index (χ4v) is 4.19. The third-order valence-electron chi connectivity index (χ3n) is 5.65. The molecule has 30 heavy (non-hydrogen) atoms. The average Bonchev–Trinajstić information content (AvgIpc) is 2.85. The Labute approximate surface area is 177 Å². The van der Waals surface area contributed by atoms with Crippen molar-refractivity contribution in [1.82, 2.24) is 0 Å². The molecule has 0 amide bonds. The van der Waals surface area contributed by atoms with Gasteiger partial charge in [0.15, 0.2) is 0 Å². The van der Waals surface area contributed by atoms with Crippen LogP contribution in [0, 0.1) is 0 Å². The molecule has 1 heterocycles. The lowest BCUT2D eigenvalue weighted by molar-refractivity contribution is -0.232. The fourth-order valence-electron chi connectivity index (χ4n) is 4.19. The highest BCUT2D eigenvalue weighted by molar-refractivity contribution is 5.30. The predicted octanol–water partition coefficient (Wildman–Crippen LogP) is 7.00. The molecule has 4 aromatic carbocycles. The smallest absolute Gasteiger partial charge is 0.114 e. The molecule has 1 aliphatic rings. The van der Waals surface area contributed by atoms with Gasteiger partial charge in [-0.2, -0.15) is 0 Å². The van der Waals surface area contributed by atoms with Crippen LogP contribution in [0.5, 0.6) is 0 Å². The van der Waals surface area contributed by atoms with Gasteiger partial charge in [0.2, 0.25) is 0 Å². The van der Waals surface area contributed by atoms with Gasteiger partial charge >= 0.3 is 0 Å². The van der Waals surface area contributed by atoms with Crippen LogP contribution in [0.1, 0.15) is 46.7 Å². The average molecular weight is 392 g/mol. The van der Waals surface area contributed by atoms with Crippen molar-refractivity contribution in [2.45, 2.75) is 24.4 Å². The molecule has 0 aliphatic carbocycles. The number of hydrogen-bond acceptors (Lipinski definition) is 2. The number of hydrogen-bond donors (Lipinski definition) is 0. The third kappa shape index (κ3) is 3.80. The molecule has 2 nitrogen and oxygen atoms in total. The summed E-state index contributed by atoms with van der Waals surface area (Å²) in [5.41, 5.74) is 4.50. The highest BCUT2D eigenvalue weighted by atomic mass is 16.6. The zero-order chi connectivity index (χ0) is 20.2. The molecule has 0 bridgehead atoms. The number of benzene rings is 4. The molecule has 0 unspecified atom stereocenters. The van der Waals surface area contributed by atoms with Crippen molar-refractivity contribution in [2.24, 2.45) is 0 Å². The Morgan fingerprint density at radius 1 is 0.300 bits per heavy atom. The molecule has 0 aromatic heterocycles. The van der Waals surface area contributed by atoms with Gasteiger partial charge in [-0.3, -0.25) is 0 Å². The van der Waals surface area contributed by atoms with Gasteiger partial charge in [-0.15, -0.1) is 0 Å². The molecular formula is C28H24O2. The molecule has 0 saturated carbocycles. The molecule has 1 aliphatic heterocycles. The zero-order valence-electron chi connectivity index (χ0n) is 16.7. The standard InChI is InChI=1S/C28H24O2/c1-5-13-21(14-6-1)25-26(22-15-7-2-8-16-22)30-28(24-19-11-4-12-20-24)27(29-25)23-17-9-3-10-18-23/h1-20,25-28H/t25-,26-,27-,28+/m1/s1. The van der Waals surface area contributed by atoms with Crippen LogP contribution in [0.3, 0.4) is 0 Å². The van der Waals surface area contributed by atoms with Gasteiger partial charge in [-0.05, 0) is 22.3 Å². The fraction of sp³-hybridized carbons (Fsp3) is 0.143. The van der Waals surface area contributed by atoms with E-state index in [-0.39, 0.29) is 24.4 Å². The minimum atomic E-state index is -0.196. The largest absolute Gasteiger partial charge is 0.359 e. The van der Waals surface area contributed by atoms with E-state index in [4.69, 9.17) is 9.47 Å². The molecule has 0 radical (unpaired) electrons. The van der Waals surface area contributed by atoms with Crippen LogP contribution in [0.2, 0.25) is 0 Å². The van der Waals surface area contributed by atoms with Crippen LogP contribution in [0.15, 0.2) is 121 Å². The minimum absolute atomic E-state index is 0.196. The summed E-state index contributed by atoms with van der Waals surface area (Å²) < 4.78 is 13.7. The summed E-state index contributed by atoms with van der Waals surface area (Å²) in [7, 11) is 0. The van der Waals surface area contributed by atoms with Crippen molar-refractivity contribution < 1.29 is 9.47 Å². The zero-order valence-corrected chi connectivity index (χ0v) is 16.7. The van der Waals surface area contributed by atoms with Crippen molar-refractivity contribution in [3.05, 3.63) is 144 Å². The molecule has 0 N–H and O–H groups in total. The molecule has 4 aromatic rings. The van der Waals surface area contributed by atoms with Crippen LogP contribution < -0.4 is 0 Å². The first kappa shape index (κ1) is 18.8. The van der Waals surface area contributed by atoms with Crippen LogP contribution in [0.4, 0.5) is 0 Å². The maximum atomic E-state index is 6.87. The maximum Gasteiger partial charge on any atom is 0.114 e. The summed E-state index contributed by atoms with van der Waals surface area (Å²) in [6.45, 7) is 0. The first-order chi connectivity index (χ1) is 14.9. The van der Waals surface area contributed by atoms with Gasteiger partial charge < -0.3 is 9.47 Å². The van der Waals surface area contributed by atoms with Gasteiger partial charge in [-0.1, -0.05) is 121 Å².